The van der Waals surface area contributed by atoms with Crippen LogP contribution in [-0.4, -0.2) is 5.91 Å². The van der Waals surface area contributed by atoms with E-state index in [1.165, 1.54) is 30.5 Å². The summed E-state index contributed by atoms with van der Waals surface area (Å²) in [5, 5.41) is 11.3. The van der Waals surface area contributed by atoms with Gasteiger partial charge in [0, 0.05) is 11.6 Å². The van der Waals surface area contributed by atoms with E-state index in [0.29, 0.717) is 5.76 Å². The summed E-state index contributed by atoms with van der Waals surface area (Å²) in [5.74, 6) is 0.131. The van der Waals surface area contributed by atoms with Crippen LogP contribution in [0.1, 0.15) is 17.1 Å². The first-order valence-corrected chi connectivity index (χ1v) is 8.55. The van der Waals surface area contributed by atoms with Gasteiger partial charge in [-0.3, -0.25) is 4.79 Å². The van der Waals surface area contributed by atoms with Crippen LogP contribution in [0.25, 0.3) is 17.4 Å². The van der Waals surface area contributed by atoms with Crippen molar-refractivity contribution in [3.8, 4) is 17.4 Å². The van der Waals surface area contributed by atoms with Crippen LogP contribution in [0.2, 0.25) is 5.02 Å². The number of carbonyl (C=O) groups is 1. The molecule has 29 heavy (non-hydrogen) atoms. The number of benzene rings is 1. The zero-order chi connectivity index (χ0) is 21.0. The predicted octanol–water partition coefficient (Wildman–Crippen LogP) is 5.44. The van der Waals surface area contributed by atoms with E-state index in [1.54, 1.807) is 18.2 Å². The Morgan fingerprint density at radius 1 is 1.24 bits per heavy atom. The average molecular weight is 421 g/mol. The average Bonchev–Trinajstić information content (AvgIpc) is 3.35. The van der Waals surface area contributed by atoms with Gasteiger partial charge in [0.15, 0.2) is 0 Å². The number of rotatable bonds is 5. The zero-order valence-corrected chi connectivity index (χ0v) is 15.3. The van der Waals surface area contributed by atoms with Crippen LogP contribution in [0.4, 0.5) is 13.2 Å². The van der Waals surface area contributed by atoms with Crippen molar-refractivity contribution in [1.82, 2.24) is 5.32 Å². The second-order valence-electron chi connectivity index (χ2n) is 5.83. The highest BCUT2D eigenvalue weighted by atomic mass is 35.5. The van der Waals surface area contributed by atoms with Crippen molar-refractivity contribution in [2.75, 3.05) is 0 Å². The minimum atomic E-state index is -4.61. The van der Waals surface area contributed by atoms with Crippen LogP contribution in [0.3, 0.4) is 0 Å². The van der Waals surface area contributed by atoms with Gasteiger partial charge in [-0.15, -0.1) is 0 Å². The number of hydrogen-bond acceptors (Lipinski definition) is 4. The molecule has 2 heterocycles. The summed E-state index contributed by atoms with van der Waals surface area (Å²) in [4.78, 5) is 12.1. The van der Waals surface area contributed by atoms with Crippen LogP contribution in [0.15, 0.2) is 63.1 Å². The molecule has 0 radical (unpaired) electrons. The van der Waals surface area contributed by atoms with Crippen molar-refractivity contribution in [2.45, 2.75) is 12.7 Å². The molecule has 5 nitrogen and oxygen atoms in total. The molecule has 0 aliphatic rings. The molecular weight excluding hydrogens is 409 g/mol. The van der Waals surface area contributed by atoms with Gasteiger partial charge in [-0.1, -0.05) is 11.6 Å². The summed E-state index contributed by atoms with van der Waals surface area (Å²) < 4.78 is 49.6. The van der Waals surface area contributed by atoms with Crippen molar-refractivity contribution in [3.63, 3.8) is 0 Å². The smallest absolute Gasteiger partial charge is 0.417 e. The molecule has 2 aromatic heterocycles. The molecule has 148 valence electrons. The maximum atomic E-state index is 13.0. The third kappa shape index (κ3) is 4.89. The standard InChI is InChI=1S/C20H12ClF3N2O3/c21-17-5-3-12(9-16(17)20(22,23)24)18-6-4-14(29-18)8-13(10-25)19(27)26-11-15-2-1-7-28-15/h1-9H,11H2,(H,26,27). The Bertz CT molecular complexity index is 1090. The third-order valence-corrected chi connectivity index (χ3v) is 4.17. The SMILES string of the molecule is N#CC(=Cc1ccc(-c2ccc(Cl)c(C(F)(F)F)c2)o1)C(=O)NCc1ccco1. The lowest BCUT2D eigenvalue weighted by Crippen LogP contribution is -2.23. The van der Waals surface area contributed by atoms with Crippen LogP contribution in [-0.2, 0) is 17.5 Å². The van der Waals surface area contributed by atoms with E-state index >= 15 is 0 Å². The van der Waals surface area contributed by atoms with E-state index in [-0.39, 0.29) is 29.2 Å². The van der Waals surface area contributed by atoms with Gasteiger partial charge >= 0.3 is 6.18 Å². The lowest BCUT2D eigenvalue weighted by atomic mass is 10.1. The Balaban J connectivity index is 1.80. The number of nitriles is 1. The van der Waals surface area contributed by atoms with E-state index in [4.69, 9.17) is 20.4 Å². The Kier molecular flexibility index (Phi) is 5.80. The van der Waals surface area contributed by atoms with Gasteiger partial charge < -0.3 is 14.2 Å². The summed E-state index contributed by atoms with van der Waals surface area (Å²) >= 11 is 5.62. The number of alkyl halides is 3. The van der Waals surface area contributed by atoms with Crippen LogP contribution in [0.5, 0.6) is 0 Å². The van der Waals surface area contributed by atoms with Crippen LogP contribution < -0.4 is 5.32 Å². The normalized spacial score (nSPS) is 11.9. The second kappa shape index (κ2) is 8.29. The van der Waals surface area contributed by atoms with E-state index in [1.807, 2.05) is 0 Å². The molecule has 0 unspecified atom stereocenters. The molecule has 1 aromatic carbocycles. The molecule has 3 aromatic rings. The van der Waals surface area contributed by atoms with E-state index in [2.05, 4.69) is 5.32 Å². The first-order valence-electron chi connectivity index (χ1n) is 8.17. The molecule has 9 heteroatoms. The predicted molar refractivity (Wildman–Crippen MR) is 98.3 cm³/mol. The molecule has 0 saturated heterocycles. The lowest BCUT2D eigenvalue weighted by molar-refractivity contribution is -0.137. The number of hydrogen-bond donors (Lipinski definition) is 1. The minimum Gasteiger partial charge on any atom is -0.467 e. The fourth-order valence-electron chi connectivity index (χ4n) is 2.45. The van der Waals surface area contributed by atoms with Crippen molar-refractivity contribution < 1.29 is 26.8 Å². The molecule has 0 aliphatic heterocycles. The summed E-state index contributed by atoms with van der Waals surface area (Å²) in [5.41, 5.74) is -1.06. The summed E-state index contributed by atoms with van der Waals surface area (Å²) in [7, 11) is 0. The van der Waals surface area contributed by atoms with Crippen LogP contribution >= 0.6 is 11.6 Å². The summed E-state index contributed by atoms with van der Waals surface area (Å²) in [6, 6.07) is 11.3. The molecule has 0 spiro atoms. The fraction of sp³-hybridized carbons (Fsp3) is 0.100. The Morgan fingerprint density at radius 3 is 2.69 bits per heavy atom. The summed E-state index contributed by atoms with van der Waals surface area (Å²) in [6.45, 7) is 0.0965. The Labute approximate surface area is 168 Å². The van der Waals surface area contributed by atoms with Crippen molar-refractivity contribution in [1.29, 1.82) is 5.26 Å². The van der Waals surface area contributed by atoms with E-state index in [0.717, 1.165) is 12.1 Å². The number of carbonyl (C=O) groups excluding carboxylic acids is 1. The largest absolute Gasteiger partial charge is 0.467 e. The van der Waals surface area contributed by atoms with Gasteiger partial charge in [-0.05, 0) is 42.5 Å². The van der Waals surface area contributed by atoms with Crippen molar-refractivity contribution >= 4 is 23.6 Å². The van der Waals surface area contributed by atoms with Crippen molar-refractivity contribution in [3.05, 3.63) is 76.4 Å². The molecule has 1 N–H and O–H groups in total. The molecule has 0 bridgehead atoms. The molecular formula is C20H12ClF3N2O3. The summed E-state index contributed by atoms with van der Waals surface area (Å²) in [6.07, 6.45) is -1.96. The molecule has 0 saturated carbocycles. The first-order chi connectivity index (χ1) is 13.8. The third-order valence-electron chi connectivity index (χ3n) is 3.84. The number of amides is 1. The van der Waals surface area contributed by atoms with Gasteiger partial charge in [0.2, 0.25) is 0 Å². The lowest BCUT2D eigenvalue weighted by Gasteiger charge is -2.09. The molecule has 0 atom stereocenters. The zero-order valence-electron chi connectivity index (χ0n) is 14.6. The maximum Gasteiger partial charge on any atom is 0.417 e. The Morgan fingerprint density at radius 2 is 2.03 bits per heavy atom. The van der Waals surface area contributed by atoms with Gasteiger partial charge in [-0.2, -0.15) is 18.4 Å². The molecule has 3 rings (SSSR count). The topological polar surface area (TPSA) is 79.2 Å². The maximum absolute atomic E-state index is 13.0. The highest BCUT2D eigenvalue weighted by molar-refractivity contribution is 6.31. The molecule has 0 fully saturated rings. The van der Waals surface area contributed by atoms with Crippen LogP contribution in [0, 0.1) is 11.3 Å². The minimum absolute atomic E-state index is 0.0965. The van der Waals surface area contributed by atoms with Gasteiger partial charge in [0.25, 0.3) is 5.91 Å². The van der Waals surface area contributed by atoms with E-state index < -0.39 is 22.7 Å². The van der Waals surface area contributed by atoms with Gasteiger partial charge in [0.05, 0.1) is 23.4 Å². The quantitative estimate of drug-likeness (QED) is 0.440. The Hall–Kier alpha value is -3.44. The van der Waals surface area contributed by atoms with E-state index in [9.17, 15) is 23.2 Å². The van der Waals surface area contributed by atoms with Crippen molar-refractivity contribution in [2.24, 2.45) is 0 Å². The number of halogens is 4. The second-order valence-corrected chi connectivity index (χ2v) is 6.23. The monoisotopic (exact) mass is 420 g/mol. The molecule has 1 amide bonds. The van der Waals surface area contributed by atoms with Gasteiger partial charge in [-0.25, -0.2) is 0 Å². The highest BCUT2D eigenvalue weighted by Gasteiger charge is 2.33. The van der Waals surface area contributed by atoms with Gasteiger partial charge in [0.1, 0.15) is 28.9 Å². The molecule has 0 aliphatic carbocycles. The number of nitrogens with one attached hydrogen (secondary N) is 1. The number of furan rings is 2. The highest BCUT2D eigenvalue weighted by Crippen LogP contribution is 2.37. The first kappa shape index (κ1) is 20.3. The number of nitrogens with zero attached hydrogens (tertiary/aromatic N) is 1. The fourth-order valence-corrected chi connectivity index (χ4v) is 2.67.